The molecule has 39 heavy (non-hydrogen) atoms. The monoisotopic (exact) mass is 552 g/mol. The summed E-state index contributed by atoms with van der Waals surface area (Å²) in [7, 11) is 0. The SMILES string of the molecule is CC(C)(C)c1ccc([C@H]2CC(=O)C3=C(C2)Nc2ccccc2N(C(=O)C(F)(F)F)[C@@H]3c2ccccc2Cl)cc1. The molecule has 1 amide bonds. The number of halogens is 4. The van der Waals surface area contributed by atoms with E-state index in [2.05, 4.69) is 38.2 Å². The van der Waals surface area contributed by atoms with Gasteiger partial charge in [0.05, 0.1) is 17.4 Å². The number of anilines is 2. The predicted octanol–water partition coefficient (Wildman–Crippen LogP) is 8.10. The highest BCUT2D eigenvalue weighted by molar-refractivity contribution is 6.31. The van der Waals surface area contributed by atoms with Crippen LogP contribution in [-0.2, 0) is 15.0 Å². The molecule has 0 fully saturated rings. The molecule has 2 atom stereocenters. The van der Waals surface area contributed by atoms with Gasteiger partial charge in [-0.15, -0.1) is 0 Å². The summed E-state index contributed by atoms with van der Waals surface area (Å²) in [5.41, 5.74) is 3.32. The number of ketones is 1. The smallest absolute Gasteiger partial charge is 0.357 e. The number of allylic oxidation sites excluding steroid dienone is 1. The third kappa shape index (κ3) is 5.08. The summed E-state index contributed by atoms with van der Waals surface area (Å²) in [6, 6.07) is 19.5. The minimum Gasteiger partial charge on any atom is -0.357 e. The van der Waals surface area contributed by atoms with E-state index < -0.39 is 18.1 Å². The van der Waals surface area contributed by atoms with E-state index in [4.69, 9.17) is 11.6 Å². The first kappa shape index (κ1) is 27.0. The van der Waals surface area contributed by atoms with E-state index in [1.165, 1.54) is 6.07 Å². The lowest BCUT2D eigenvalue weighted by molar-refractivity contribution is -0.170. The molecule has 202 valence electrons. The van der Waals surface area contributed by atoms with Crippen molar-refractivity contribution in [2.45, 2.75) is 57.2 Å². The van der Waals surface area contributed by atoms with Crippen molar-refractivity contribution in [3.63, 3.8) is 0 Å². The standard InChI is InChI=1S/C31H28ClF3N2O2/c1-30(2,3)20-14-12-18(13-15-20)19-16-24-27(26(38)17-19)28(21-8-4-5-9-22(21)32)37(29(39)31(33,34)35)25-11-7-6-10-23(25)36-24/h4-15,19,28,36H,16-17H2,1-3H3/t19-,28-/m1/s1. The summed E-state index contributed by atoms with van der Waals surface area (Å²) < 4.78 is 42.1. The van der Waals surface area contributed by atoms with Crippen LogP contribution < -0.4 is 10.2 Å². The minimum atomic E-state index is -5.17. The molecule has 1 aliphatic carbocycles. The van der Waals surface area contributed by atoms with Crippen molar-refractivity contribution in [2.75, 3.05) is 10.2 Å². The number of amides is 1. The summed E-state index contributed by atoms with van der Waals surface area (Å²) in [6.07, 6.45) is -4.69. The van der Waals surface area contributed by atoms with Gasteiger partial charge in [0.1, 0.15) is 0 Å². The number of carbonyl (C=O) groups excluding carboxylic acids is 2. The third-order valence-electron chi connectivity index (χ3n) is 7.40. The quantitative estimate of drug-likeness (QED) is 0.349. The van der Waals surface area contributed by atoms with Crippen LogP contribution in [0.3, 0.4) is 0 Å². The number of fused-ring (bicyclic) bond motifs is 1. The Hall–Kier alpha value is -3.58. The normalized spacial score (nSPS) is 19.7. The van der Waals surface area contributed by atoms with Gasteiger partial charge in [0, 0.05) is 22.7 Å². The van der Waals surface area contributed by atoms with Gasteiger partial charge in [-0.3, -0.25) is 14.5 Å². The number of alkyl halides is 3. The Labute approximate surface area is 230 Å². The molecule has 1 aliphatic heterocycles. The first-order chi connectivity index (χ1) is 18.4. The number of nitrogens with one attached hydrogen (secondary N) is 1. The Bertz CT molecular complexity index is 1470. The number of Topliss-reactive ketones (excluding diaryl/α,β-unsaturated/α-hetero) is 1. The van der Waals surface area contributed by atoms with E-state index in [-0.39, 0.29) is 45.4 Å². The van der Waals surface area contributed by atoms with Crippen LogP contribution in [0.2, 0.25) is 5.02 Å². The first-order valence-corrected chi connectivity index (χ1v) is 13.1. The van der Waals surface area contributed by atoms with Crippen molar-refractivity contribution in [1.82, 2.24) is 0 Å². The van der Waals surface area contributed by atoms with Gasteiger partial charge in [-0.05, 0) is 52.6 Å². The molecule has 1 heterocycles. The fourth-order valence-electron chi connectivity index (χ4n) is 5.43. The highest BCUT2D eigenvalue weighted by Gasteiger charge is 2.50. The fourth-order valence-corrected chi connectivity index (χ4v) is 5.67. The maximum absolute atomic E-state index is 14.0. The summed E-state index contributed by atoms with van der Waals surface area (Å²) in [6.45, 7) is 6.37. The second kappa shape index (κ2) is 9.87. The number of hydrogen-bond donors (Lipinski definition) is 1. The molecule has 3 aromatic carbocycles. The van der Waals surface area contributed by atoms with Crippen molar-refractivity contribution in [2.24, 2.45) is 0 Å². The number of nitrogens with zero attached hydrogens (tertiary/aromatic N) is 1. The molecule has 1 N–H and O–H groups in total. The zero-order valence-corrected chi connectivity index (χ0v) is 22.5. The molecule has 8 heteroatoms. The number of hydrogen-bond acceptors (Lipinski definition) is 3. The van der Waals surface area contributed by atoms with E-state index in [1.807, 2.05) is 12.1 Å². The van der Waals surface area contributed by atoms with Gasteiger partial charge >= 0.3 is 12.1 Å². The van der Waals surface area contributed by atoms with Gasteiger partial charge < -0.3 is 5.32 Å². The van der Waals surface area contributed by atoms with Crippen LogP contribution in [-0.4, -0.2) is 17.9 Å². The molecule has 0 aromatic heterocycles. The highest BCUT2D eigenvalue weighted by Crippen LogP contribution is 2.49. The summed E-state index contributed by atoms with van der Waals surface area (Å²) >= 11 is 6.50. The molecule has 0 spiro atoms. The Kier molecular flexibility index (Phi) is 6.83. The number of carbonyl (C=O) groups is 2. The average Bonchev–Trinajstić information content (AvgIpc) is 3.02. The number of benzene rings is 3. The minimum absolute atomic E-state index is 0.0259. The van der Waals surface area contributed by atoms with E-state index in [0.717, 1.165) is 11.1 Å². The topological polar surface area (TPSA) is 49.4 Å². The molecule has 0 saturated carbocycles. The Morgan fingerprint density at radius 3 is 2.21 bits per heavy atom. The highest BCUT2D eigenvalue weighted by atomic mass is 35.5. The van der Waals surface area contributed by atoms with Gasteiger partial charge in [-0.2, -0.15) is 13.2 Å². The van der Waals surface area contributed by atoms with Crippen LogP contribution in [0.15, 0.2) is 84.1 Å². The van der Waals surface area contributed by atoms with Gasteiger partial charge in [-0.25, -0.2) is 0 Å². The van der Waals surface area contributed by atoms with Crippen molar-refractivity contribution in [1.29, 1.82) is 0 Å². The second-order valence-corrected chi connectivity index (χ2v) is 11.4. The van der Waals surface area contributed by atoms with Crippen LogP contribution in [0.1, 0.15) is 62.3 Å². The number of rotatable bonds is 2. The lowest BCUT2D eigenvalue weighted by Gasteiger charge is -2.35. The molecule has 3 aromatic rings. The maximum atomic E-state index is 14.0. The molecule has 4 nitrogen and oxygen atoms in total. The Morgan fingerprint density at radius 2 is 1.56 bits per heavy atom. The lowest BCUT2D eigenvalue weighted by atomic mass is 9.77. The molecular weight excluding hydrogens is 525 g/mol. The average molecular weight is 553 g/mol. The van der Waals surface area contributed by atoms with E-state index in [0.29, 0.717) is 22.7 Å². The van der Waals surface area contributed by atoms with Gasteiger partial charge in [0.2, 0.25) is 0 Å². The van der Waals surface area contributed by atoms with Crippen LogP contribution >= 0.6 is 11.6 Å². The predicted molar refractivity (Wildman–Crippen MR) is 147 cm³/mol. The van der Waals surface area contributed by atoms with Crippen molar-refractivity contribution in [3.8, 4) is 0 Å². The second-order valence-electron chi connectivity index (χ2n) is 11.0. The lowest BCUT2D eigenvalue weighted by Crippen LogP contribution is -2.45. The molecule has 2 aliphatic rings. The van der Waals surface area contributed by atoms with Crippen LogP contribution in [0, 0.1) is 0 Å². The maximum Gasteiger partial charge on any atom is 0.471 e. The molecule has 5 rings (SSSR count). The van der Waals surface area contributed by atoms with E-state index in [9.17, 15) is 22.8 Å². The summed E-state index contributed by atoms with van der Waals surface area (Å²) in [5.74, 6) is -2.57. The van der Waals surface area contributed by atoms with E-state index in [1.54, 1.807) is 42.5 Å². The number of para-hydroxylation sites is 2. The van der Waals surface area contributed by atoms with E-state index >= 15 is 0 Å². The van der Waals surface area contributed by atoms with Crippen LogP contribution in [0.4, 0.5) is 24.5 Å². The first-order valence-electron chi connectivity index (χ1n) is 12.7. The Balaban J connectivity index is 1.68. The zero-order chi connectivity index (χ0) is 28.1. The summed E-state index contributed by atoms with van der Waals surface area (Å²) in [4.78, 5) is 27.6. The molecular formula is C31H28ClF3N2O2. The molecule has 0 radical (unpaired) electrons. The fraction of sp³-hybridized carbons (Fsp3) is 0.290. The Morgan fingerprint density at radius 1 is 0.923 bits per heavy atom. The van der Waals surface area contributed by atoms with Gasteiger partial charge in [-0.1, -0.05) is 87.0 Å². The van der Waals surface area contributed by atoms with Gasteiger partial charge in [0.15, 0.2) is 5.78 Å². The summed E-state index contributed by atoms with van der Waals surface area (Å²) in [5, 5.41) is 3.41. The third-order valence-corrected chi connectivity index (χ3v) is 7.74. The van der Waals surface area contributed by atoms with Crippen LogP contribution in [0.5, 0.6) is 0 Å². The van der Waals surface area contributed by atoms with Crippen molar-refractivity contribution >= 4 is 34.7 Å². The largest absolute Gasteiger partial charge is 0.471 e. The van der Waals surface area contributed by atoms with Crippen molar-refractivity contribution < 1.29 is 22.8 Å². The molecule has 0 unspecified atom stereocenters. The van der Waals surface area contributed by atoms with Gasteiger partial charge in [0.25, 0.3) is 0 Å². The zero-order valence-electron chi connectivity index (χ0n) is 21.8. The van der Waals surface area contributed by atoms with Crippen LogP contribution in [0.25, 0.3) is 0 Å². The van der Waals surface area contributed by atoms with Crippen molar-refractivity contribution in [3.05, 3.63) is 106 Å². The molecule has 0 bridgehead atoms. The molecule has 0 saturated heterocycles.